The molecule has 0 radical (unpaired) electrons. The van der Waals surface area contributed by atoms with Crippen molar-refractivity contribution in [1.82, 2.24) is 10.3 Å². The van der Waals surface area contributed by atoms with Crippen molar-refractivity contribution < 1.29 is 13.9 Å². The van der Waals surface area contributed by atoms with Gasteiger partial charge in [-0.05, 0) is 49.5 Å². The van der Waals surface area contributed by atoms with Crippen LogP contribution in [0.15, 0.2) is 12.1 Å². The van der Waals surface area contributed by atoms with Gasteiger partial charge in [0.1, 0.15) is 5.69 Å². The van der Waals surface area contributed by atoms with E-state index in [1.165, 1.54) is 7.11 Å². The zero-order valence-corrected chi connectivity index (χ0v) is 12.4. The Kier molecular flexibility index (Phi) is 3.87. The van der Waals surface area contributed by atoms with Crippen LogP contribution in [-0.2, 0) is 4.74 Å². The topological polar surface area (TPSA) is 54.1 Å². The number of ether oxygens (including phenoxy) is 1. The lowest BCUT2D eigenvalue weighted by Gasteiger charge is -2.24. The number of piperidine rings is 1. The third-order valence-electron chi connectivity index (χ3n) is 4.02. The molecule has 0 amide bonds. The molecule has 3 rings (SSSR count). The van der Waals surface area contributed by atoms with Crippen LogP contribution >= 0.6 is 11.6 Å². The van der Waals surface area contributed by atoms with E-state index >= 15 is 0 Å². The molecule has 0 spiro atoms. The van der Waals surface area contributed by atoms with Crippen LogP contribution in [-0.4, -0.2) is 31.2 Å². The van der Waals surface area contributed by atoms with Crippen LogP contribution in [0.25, 0.3) is 10.9 Å². The predicted octanol–water partition coefficient (Wildman–Crippen LogP) is 3.21. The Morgan fingerprint density at radius 2 is 2.10 bits per heavy atom. The lowest BCUT2D eigenvalue weighted by atomic mass is 9.88. The largest absolute Gasteiger partial charge is 0.464 e. The number of hydrogen-bond donors (Lipinski definition) is 2. The second-order valence-corrected chi connectivity index (χ2v) is 5.66. The first-order valence-corrected chi connectivity index (χ1v) is 7.29. The van der Waals surface area contributed by atoms with Crippen LogP contribution in [0.1, 0.15) is 34.8 Å². The number of carbonyl (C=O) groups excluding carboxylic acids is 1. The molecule has 0 saturated carbocycles. The molecule has 1 aromatic heterocycles. The zero-order valence-electron chi connectivity index (χ0n) is 11.6. The van der Waals surface area contributed by atoms with Crippen molar-refractivity contribution >= 4 is 28.5 Å². The summed E-state index contributed by atoms with van der Waals surface area (Å²) in [4.78, 5) is 14.4. The minimum absolute atomic E-state index is 0.0781. The summed E-state index contributed by atoms with van der Waals surface area (Å²) in [5, 5.41) is 4.09. The summed E-state index contributed by atoms with van der Waals surface area (Å²) in [6, 6.07) is 3.34. The van der Waals surface area contributed by atoms with Gasteiger partial charge in [0, 0.05) is 5.39 Å². The van der Waals surface area contributed by atoms with Crippen molar-refractivity contribution in [3.8, 4) is 0 Å². The number of nitrogens with one attached hydrogen (secondary N) is 2. The third kappa shape index (κ3) is 2.51. The number of hydrogen-bond acceptors (Lipinski definition) is 3. The Morgan fingerprint density at radius 3 is 2.76 bits per heavy atom. The average molecular weight is 311 g/mol. The first-order chi connectivity index (χ1) is 10.1. The summed E-state index contributed by atoms with van der Waals surface area (Å²) >= 11 is 6.01. The van der Waals surface area contributed by atoms with Crippen molar-refractivity contribution in [2.75, 3.05) is 20.2 Å². The Morgan fingerprint density at radius 1 is 1.38 bits per heavy atom. The Balaban J connectivity index is 2.16. The summed E-state index contributed by atoms with van der Waals surface area (Å²) in [7, 11) is 1.30. The molecule has 1 aliphatic rings. The Bertz CT molecular complexity index is 693. The van der Waals surface area contributed by atoms with Crippen molar-refractivity contribution in [3.05, 3.63) is 34.2 Å². The Hall–Kier alpha value is -1.59. The van der Waals surface area contributed by atoms with Crippen LogP contribution in [0.3, 0.4) is 0 Å². The first-order valence-electron chi connectivity index (χ1n) is 6.91. The predicted molar refractivity (Wildman–Crippen MR) is 79.5 cm³/mol. The molecule has 1 saturated heterocycles. The maximum Gasteiger partial charge on any atom is 0.354 e. The van der Waals surface area contributed by atoms with E-state index in [-0.39, 0.29) is 16.2 Å². The highest BCUT2D eigenvalue weighted by molar-refractivity contribution is 6.31. The fraction of sp³-hybridized carbons (Fsp3) is 0.400. The number of fused-ring (bicyclic) bond motifs is 1. The first kappa shape index (κ1) is 14.4. The van der Waals surface area contributed by atoms with E-state index < -0.39 is 11.8 Å². The van der Waals surface area contributed by atoms with Crippen molar-refractivity contribution in [3.63, 3.8) is 0 Å². The highest BCUT2D eigenvalue weighted by Gasteiger charge is 2.23. The fourth-order valence-corrected chi connectivity index (χ4v) is 3.16. The van der Waals surface area contributed by atoms with Crippen LogP contribution in [0.2, 0.25) is 5.02 Å². The van der Waals surface area contributed by atoms with E-state index in [2.05, 4.69) is 15.0 Å². The minimum Gasteiger partial charge on any atom is -0.464 e. The average Bonchev–Trinajstić information content (AvgIpc) is 2.96. The molecule has 21 heavy (non-hydrogen) atoms. The Labute approximate surface area is 126 Å². The summed E-state index contributed by atoms with van der Waals surface area (Å²) in [5.41, 5.74) is 1.50. The van der Waals surface area contributed by atoms with Crippen molar-refractivity contribution in [2.45, 2.75) is 18.8 Å². The maximum absolute atomic E-state index is 14.2. The molecule has 2 aromatic rings. The van der Waals surface area contributed by atoms with Gasteiger partial charge in [0.2, 0.25) is 0 Å². The van der Waals surface area contributed by atoms with Crippen LogP contribution in [0.5, 0.6) is 0 Å². The standard InChI is InChI=1S/C15H16ClFN2O2/c1-21-15(20)12-7-10-9(8-2-4-18-5-3-8)6-11(16)13(17)14(10)19-12/h6-8,18-19H,2-5H2,1H3. The number of methoxy groups -OCH3 is 1. The van der Waals surface area contributed by atoms with Gasteiger partial charge in [0.15, 0.2) is 5.82 Å². The number of benzene rings is 1. The second kappa shape index (κ2) is 5.66. The molecule has 1 fully saturated rings. The summed E-state index contributed by atoms with van der Waals surface area (Å²) < 4.78 is 18.9. The minimum atomic E-state index is -0.528. The van der Waals surface area contributed by atoms with E-state index in [0.717, 1.165) is 31.5 Å². The molecule has 1 aliphatic heterocycles. The van der Waals surface area contributed by atoms with Crippen molar-refractivity contribution in [1.29, 1.82) is 0 Å². The number of H-pyrrole nitrogens is 1. The van der Waals surface area contributed by atoms with Gasteiger partial charge in [-0.2, -0.15) is 0 Å². The monoisotopic (exact) mass is 310 g/mol. The van der Waals surface area contributed by atoms with Gasteiger partial charge in [-0.25, -0.2) is 9.18 Å². The molecular weight excluding hydrogens is 295 g/mol. The molecule has 0 atom stereocenters. The SMILES string of the molecule is COC(=O)c1cc2c(C3CCNCC3)cc(Cl)c(F)c2[nH]1. The van der Waals surface area contributed by atoms with Gasteiger partial charge >= 0.3 is 5.97 Å². The molecule has 0 aliphatic carbocycles. The normalized spacial score (nSPS) is 16.3. The van der Waals surface area contributed by atoms with Gasteiger partial charge in [0.05, 0.1) is 17.6 Å². The smallest absolute Gasteiger partial charge is 0.354 e. The van der Waals surface area contributed by atoms with E-state index in [1.54, 1.807) is 12.1 Å². The number of aromatic nitrogens is 1. The molecule has 1 aromatic carbocycles. The van der Waals surface area contributed by atoms with Gasteiger partial charge in [0.25, 0.3) is 0 Å². The van der Waals surface area contributed by atoms with E-state index in [9.17, 15) is 9.18 Å². The quantitative estimate of drug-likeness (QED) is 0.837. The molecule has 0 bridgehead atoms. The number of rotatable bonds is 2. The molecule has 2 N–H and O–H groups in total. The second-order valence-electron chi connectivity index (χ2n) is 5.25. The molecule has 6 heteroatoms. The molecule has 4 nitrogen and oxygen atoms in total. The summed E-state index contributed by atoms with van der Waals surface area (Å²) in [6.07, 6.45) is 1.94. The molecule has 112 valence electrons. The molecular formula is C15H16ClFN2O2. The van der Waals surface area contributed by atoms with Gasteiger partial charge in [-0.3, -0.25) is 0 Å². The van der Waals surface area contributed by atoms with Gasteiger partial charge < -0.3 is 15.0 Å². The highest BCUT2D eigenvalue weighted by atomic mass is 35.5. The van der Waals surface area contributed by atoms with Gasteiger partial charge in [-0.15, -0.1) is 0 Å². The zero-order chi connectivity index (χ0) is 15.0. The van der Waals surface area contributed by atoms with E-state index in [4.69, 9.17) is 11.6 Å². The van der Waals surface area contributed by atoms with E-state index in [1.807, 2.05) is 0 Å². The van der Waals surface area contributed by atoms with E-state index in [0.29, 0.717) is 11.3 Å². The van der Waals surface area contributed by atoms with Crippen LogP contribution < -0.4 is 5.32 Å². The number of carbonyl (C=O) groups is 1. The van der Waals surface area contributed by atoms with Crippen LogP contribution in [0.4, 0.5) is 4.39 Å². The summed E-state index contributed by atoms with van der Waals surface area (Å²) in [6.45, 7) is 1.85. The lowest BCUT2D eigenvalue weighted by molar-refractivity contribution is 0.0595. The van der Waals surface area contributed by atoms with Crippen LogP contribution in [0, 0.1) is 5.82 Å². The lowest BCUT2D eigenvalue weighted by Crippen LogP contribution is -2.26. The molecule has 2 heterocycles. The number of aromatic amines is 1. The molecule has 0 unspecified atom stereocenters. The van der Waals surface area contributed by atoms with Crippen molar-refractivity contribution in [2.24, 2.45) is 0 Å². The van der Waals surface area contributed by atoms with Gasteiger partial charge in [-0.1, -0.05) is 11.6 Å². The highest BCUT2D eigenvalue weighted by Crippen LogP contribution is 2.36. The maximum atomic E-state index is 14.2. The third-order valence-corrected chi connectivity index (χ3v) is 4.30. The fourth-order valence-electron chi connectivity index (χ4n) is 2.94. The number of halogens is 2. The summed E-state index contributed by atoms with van der Waals surface area (Å²) in [5.74, 6) is -0.731. The number of esters is 1.